The fraction of sp³-hybridized carbons (Fsp3) is 0.286. The van der Waals surface area contributed by atoms with Gasteiger partial charge in [0.05, 0.1) is 28.2 Å². The number of benzene rings is 1. The molecule has 21 heavy (non-hydrogen) atoms. The first-order valence-electron chi connectivity index (χ1n) is 6.30. The summed E-state index contributed by atoms with van der Waals surface area (Å²) in [4.78, 5) is 23.7. The number of nitrogens with one attached hydrogen (secondary N) is 1. The molecule has 0 saturated carbocycles. The molecule has 2 N–H and O–H groups in total. The molecule has 0 spiro atoms. The van der Waals surface area contributed by atoms with Crippen LogP contribution in [0.1, 0.15) is 0 Å². The van der Waals surface area contributed by atoms with Gasteiger partial charge in [-0.25, -0.2) is 0 Å². The summed E-state index contributed by atoms with van der Waals surface area (Å²) in [6, 6.07) is 4.68. The van der Waals surface area contributed by atoms with Gasteiger partial charge in [0.15, 0.2) is 0 Å². The maximum atomic E-state index is 12.4. The van der Waals surface area contributed by atoms with Gasteiger partial charge in [-0.3, -0.25) is 9.59 Å². The highest BCUT2D eigenvalue weighted by Gasteiger charge is 2.53. The lowest BCUT2D eigenvalue weighted by Crippen LogP contribution is -2.39. The standard InChI is InChI=1S/C14H11Cl2NO4/c15-7-2-1-6(5-8(7)16)17-13(18)11-9-3-4-10(21-9)12(11)14(19)20/h1-5,9-12H,(H,17,18)(H,19,20)/t9-,10-,11+,12-/m1/s1. The molecule has 2 bridgehead atoms. The maximum absolute atomic E-state index is 12.4. The van der Waals surface area contributed by atoms with E-state index in [0.717, 1.165) is 0 Å². The van der Waals surface area contributed by atoms with Gasteiger partial charge in [0.25, 0.3) is 0 Å². The number of carbonyl (C=O) groups excluding carboxylic acids is 1. The summed E-state index contributed by atoms with van der Waals surface area (Å²) in [6.07, 6.45) is 2.37. The van der Waals surface area contributed by atoms with Crippen molar-refractivity contribution in [2.45, 2.75) is 12.2 Å². The molecule has 5 nitrogen and oxygen atoms in total. The summed E-state index contributed by atoms with van der Waals surface area (Å²) >= 11 is 11.7. The molecule has 3 rings (SSSR count). The SMILES string of the molecule is O=C(Nc1ccc(Cl)c(Cl)c1)[C@@H]1[C@H](C(=O)O)[C@H]2C=C[C@H]1O2. The molecule has 2 aliphatic rings. The minimum Gasteiger partial charge on any atom is -0.481 e. The first kappa shape index (κ1) is 14.4. The molecule has 1 amide bonds. The van der Waals surface area contributed by atoms with E-state index >= 15 is 0 Å². The van der Waals surface area contributed by atoms with Crippen molar-refractivity contribution in [1.29, 1.82) is 0 Å². The van der Waals surface area contributed by atoms with E-state index in [1.54, 1.807) is 24.3 Å². The normalized spacial score (nSPS) is 29.6. The lowest BCUT2D eigenvalue weighted by atomic mass is 9.82. The van der Waals surface area contributed by atoms with Crippen LogP contribution >= 0.6 is 23.2 Å². The molecule has 2 aliphatic heterocycles. The first-order chi connectivity index (χ1) is 9.97. The summed E-state index contributed by atoms with van der Waals surface area (Å²) in [7, 11) is 0. The van der Waals surface area contributed by atoms with E-state index in [0.29, 0.717) is 15.7 Å². The number of carboxylic acids is 1. The molecule has 1 fully saturated rings. The van der Waals surface area contributed by atoms with E-state index in [1.807, 2.05) is 0 Å². The highest BCUT2D eigenvalue weighted by Crippen LogP contribution is 2.40. The molecule has 110 valence electrons. The number of hydrogen-bond donors (Lipinski definition) is 2. The lowest BCUT2D eigenvalue weighted by Gasteiger charge is -2.21. The van der Waals surface area contributed by atoms with Gasteiger partial charge >= 0.3 is 5.97 Å². The van der Waals surface area contributed by atoms with Crippen molar-refractivity contribution in [2.75, 3.05) is 5.32 Å². The predicted molar refractivity (Wildman–Crippen MR) is 77.5 cm³/mol. The molecule has 0 radical (unpaired) electrons. The molecule has 0 unspecified atom stereocenters. The van der Waals surface area contributed by atoms with Crippen LogP contribution in [0.2, 0.25) is 10.0 Å². The van der Waals surface area contributed by atoms with Crippen LogP contribution in [-0.2, 0) is 14.3 Å². The summed E-state index contributed by atoms with van der Waals surface area (Å²) < 4.78 is 5.46. The van der Waals surface area contributed by atoms with Crippen molar-refractivity contribution in [2.24, 2.45) is 11.8 Å². The minimum absolute atomic E-state index is 0.313. The summed E-state index contributed by atoms with van der Waals surface area (Å²) in [5, 5.41) is 12.6. The second kappa shape index (κ2) is 5.33. The van der Waals surface area contributed by atoms with Crippen LogP contribution < -0.4 is 5.32 Å². The Hall–Kier alpha value is -1.56. The Labute approximate surface area is 130 Å². The van der Waals surface area contributed by atoms with Gasteiger partial charge in [0.1, 0.15) is 5.92 Å². The largest absolute Gasteiger partial charge is 0.481 e. The second-order valence-electron chi connectivity index (χ2n) is 4.96. The van der Waals surface area contributed by atoms with E-state index in [4.69, 9.17) is 27.9 Å². The zero-order valence-electron chi connectivity index (χ0n) is 10.6. The molecule has 4 atom stereocenters. The number of amides is 1. The molecule has 1 aromatic rings. The van der Waals surface area contributed by atoms with Crippen molar-refractivity contribution in [1.82, 2.24) is 0 Å². The average molecular weight is 328 g/mol. The van der Waals surface area contributed by atoms with Crippen molar-refractivity contribution >= 4 is 40.8 Å². The fourth-order valence-electron chi connectivity index (χ4n) is 2.71. The van der Waals surface area contributed by atoms with Crippen LogP contribution in [0, 0.1) is 11.8 Å². The molecule has 0 aromatic heterocycles. The molecular formula is C14H11Cl2NO4. The zero-order chi connectivity index (χ0) is 15.1. The number of ether oxygens (including phenoxy) is 1. The third kappa shape index (κ3) is 2.52. The smallest absolute Gasteiger partial charge is 0.310 e. The van der Waals surface area contributed by atoms with Crippen LogP contribution in [0.5, 0.6) is 0 Å². The van der Waals surface area contributed by atoms with E-state index in [1.165, 1.54) is 6.07 Å². The third-order valence-corrected chi connectivity index (χ3v) is 4.41. The number of rotatable bonds is 3. The van der Waals surface area contributed by atoms with Gasteiger partial charge in [-0.15, -0.1) is 0 Å². The monoisotopic (exact) mass is 327 g/mol. The Morgan fingerprint density at radius 1 is 1.10 bits per heavy atom. The summed E-state index contributed by atoms with van der Waals surface area (Å²) in [6.45, 7) is 0. The highest BCUT2D eigenvalue weighted by molar-refractivity contribution is 6.42. The Bertz CT molecular complexity index is 646. The van der Waals surface area contributed by atoms with Crippen LogP contribution in [0.15, 0.2) is 30.4 Å². The summed E-state index contributed by atoms with van der Waals surface area (Å²) in [5.74, 6) is -3.08. The highest BCUT2D eigenvalue weighted by atomic mass is 35.5. The number of carbonyl (C=O) groups is 2. The van der Waals surface area contributed by atoms with Gasteiger partial charge in [-0.1, -0.05) is 35.4 Å². The first-order valence-corrected chi connectivity index (χ1v) is 7.05. The Morgan fingerprint density at radius 3 is 2.38 bits per heavy atom. The van der Waals surface area contributed by atoms with Crippen LogP contribution in [0.3, 0.4) is 0 Å². The van der Waals surface area contributed by atoms with Crippen molar-refractivity contribution in [3.8, 4) is 0 Å². The Morgan fingerprint density at radius 2 is 1.76 bits per heavy atom. The topological polar surface area (TPSA) is 75.6 Å². The van der Waals surface area contributed by atoms with E-state index in [-0.39, 0.29) is 0 Å². The van der Waals surface area contributed by atoms with Crippen molar-refractivity contribution in [3.63, 3.8) is 0 Å². The van der Waals surface area contributed by atoms with Gasteiger partial charge in [0.2, 0.25) is 5.91 Å². The number of fused-ring (bicyclic) bond motifs is 2. The second-order valence-corrected chi connectivity index (χ2v) is 5.77. The fourth-order valence-corrected chi connectivity index (χ4v) is 3.01. The number of carboxylic acid groups (broad SMARTS) is 1. The van der Waals surface area contributed by atoms with Crippen molar-refractivity contribution in [3.05, 3.63) is 40.4 Å². The van der Waals surface area contributed by atoms with Crippen LogP contribution in [0.25, 0.3) is 0 Å². The Balaban J connectivity index is 1.80. The van der Waals surface area contributed by atoms with Crippen LogP contribution in [0.4, 0.5) is 5.69 Å². The predicted octanol–water partition coefficient (Wildman–Crippen LogP) is 2.59. The summed E-state index contributed by atoms with van der Waals surface area (Å²) in [5.41, 5.74) is 0.463. The number of aliphatic carboxylic acids is 1. The van der Waals surface area contributed by atoms with Crippen LogP contribution in [-0.4, -0.2) is 29.2 Å². The van der Waals surface area contributed by atoms with Gasteiger partial charge in [-0.05, 0) is 18.2 Å². The molecule has 1 aromatic carbocycles. The third-order valence-electron chi connectivity index (χ3n) is 3.67. The van der Waals surface area contributed by atoms with Gasteiger partial charge in [0, 0.05) is 5.69 Å². The zero-order valence-corrected chi connectivity index (χ0v) is 12.1. The lowest BCUT2D eigenvalue weighted by molar-refractivity contribution is -0.145. The molecule has 1 saturated heterocycles. The van der Waals surface area contributed by atoms with E-state index < -0.39 is 35.9 Å². The Kier molecular flexibility index (Phi) is 3.65. The average Bonchev–Trinajstić information content (AvgIpc) is 3.03. The number of hydrogen-bond acceptors (Lipinski definition) is 3. The maximum Gasteiger partial charge on any atom is 0.310 e. The number of halogens is 2. The van der Waals surface area contributed by atoms with Gasteiger partial charge < -0.3 is 15.2 Å². The molecular weight excluding hydrogens is 317 g/mol. The van der Waals surface area contributed by atoms with Crippen molar-refractivity contribution < 1.29 is 19.4 Å². The minimum atomic E-state index is -1.04. The molecule has 7 heteroatoms. The van der Waals surface area contributed by atoms with Gasteiger partial charge in [-0.2, -0.15) is 0 Å². The quantitative estimate of drug-likeness (QED) is 0.836. The van der Waals surface area contributed by atoms with E-state index in [9.17, 15) is 14.7 Å². The molecule has 0 aliphatic carbocycles. The molecule has 2 heterocycles. The van der Waals surface area contributed by atoms with E-state index in [2.05, 4.69) is 5.32 Å². The number of anilines is 1.